The number of hydrogen-bond acceptors (Lipinski definition) is 2. The molecule has 0 saturated carbocycles. The summed E-state index contributed by atoms with van der Waals surface area (Å²) in [4.78, 5) is 21.0. The summed E-state index contributed by atoms with van der Waals surface area (Å²) >= 11 is 0. The summed E-state index contributed by atoms with van der Waals surface area (Å²) in [5, 5.41) is 10.7. The van der Waals surface area contributed by atoms with Crippen molar-refractivity contribution in [2.45, 2.75) is 6.42 Å². The van der Waals surface area contributed by atoms with Gasteiger partial charge in [-0.15, -0.1) is 0 Å². The van der Waals surface area contributed by atoms with Crippen molar-refractivity contribution in [1.82, 2.24) is 5.32 Å². The van der Waals surface area contributed by atoms with E-state index in [1.807, 2.05) is 0 Å². The Morgan fingerprint density at radius 2 is 2.50 bits per heavy atom. The Hall–Kier alpha value is -1.32. The Morgan fingerprint density at radius 3 is 2.90 bits per heavy atom. The monoisotopic (exact) mass is 141 g/mol. The van der Waals surface area contributed by atoms with E-state index in [-0.39, 0.29) is 0 Å². The molecule has 4 heteroatoms. The highest BCUT2D eigenvalue weighted by Gasteiger charge is 2.25. The van der Waals surface area contributed by atoms with Gasteiger partial charge in [0.05, 0.1) is 0 Å². The third kappa shape index (κ3) is 1.15. The molecule has 1 aliphatic rings. The first-order chi connectivity index (χ1) is 4.72. The zero-order chi connectivity index (χ0) is 7.56. The van der Waals surface area contributed by atoms with E-state index in [9.17, 15) is 9.59 Å². The summed E-state index contributed by atoms with van der Waals surface area (Å²) in [7, 11) is 0. The lowest BCUT2D eigenvalue weighted by Gasteiger charge is -2.11. The lowest BCUT2D eigenvalue weighted by atomic mass is 10.0. The molecule has 10 heavy (non-hydrogen) atoms. The lowest BCUT2D eigenvalue weighted by Crippen LogP contribution is -2.34. The van der Waals surface area contributed by atoms with Crippen LogP contribution in [0.3, 0.4) is 0 Å². The maximum absolute atomic E-state index is 10.7. The molecular weight excluding hydrogens is 134 g/mol. The van der Waals surface area contributed by atoms with Crippen molar-refractivity contribution in [2.75, 3.05) is 0 Å². The predicted octanol–water partition coefficient (Wildman–Crippen LogP) is -0.279. The lowest BCUT2D eigenvalue weighted by molar-refractivity contribution is -0.146. The molecular formula is C6H7NO3. The van der Waals surface area contributed by atoms with Crippen LogP contribution < -0.4 is 5.32 Å². The number of allylic oxidation sites excluding steroid dienone is 1. The number of rotatable bonds is 1. The van der Waals surface area contributed by atoms with E-state index in [2.05, 4.69) is 5.32 Å². The number of aliphatic carboxylic acids is 1. The fourth-order valence-corrected chi connectivity index (χ4v) is 0.766. The van der Waals surface area contributed by atoms with Crippen molar-refractivity contribution < 1.29 is 14.7 Å². The summed E-state index contributed by atoms with van der Waals surface area (Å²) < 4.78 is 0. The molecule has 1 amide bonds. The van der Waals surface area contributed by atoms with Crippen LogP contribution in [0, 0.1) is 5.92 Å². The van der Waals surface area contributed by atoms with Gasteiger partial charge in [0, 0.05) is 0 Å². The minimum Gasteiger partial charge on any atom is -0.481 e. The Labute approximate surface area is 57.5 Å². The SMILES string of the molecule is O=C(O)C1CC=CNC1=O. The number of carboxylic acid groups (broad SMARTS) is 1. The number of carboxylic acids is 1. The summed E-state index contributed by atoms with van der Waals surface area (Å²) in [6.07, 6.45) is 3.38. The topological polar surface area (TPSA) is 66.4 Å². The molecule has 0 bridgehead atoms. The van der Waals surface area contributed by atoms with Crippen LogP contribution in [0.2, 0.25) is 0 Å². The third-order valence-corrected chi connectivity index (χ3v) is 1.33. The average Bonchev–Trinajstić information content (AvgIpc) is 1.88. The van der Waals surface area contributed by atoms with Crippen molar-refractivity contribution in [2.24, 2.45) is 5.92 Å². The van der Waals surface area contributed by atoms with Gasteiger partial charge in [0.2, 0.25) is 5.91 Å². The van der Waals surface area contributed by atoms with Gasteiger partial charge in [0.15, 0.2) is 0 Å². The van der Waals surface area contributed by atoms with Crippen molar-refractivity contribution in [1.29, 1.82) is 0 Å². The minimum absolute atomic E-state index is 0.293. The van der Waals surface area contributed by atoms with Gasteiger partial charge in [-0.1, -0.05) is 6.08 Å². The number of nitrogens with one attached hydrogen (secondary N) is 1. The Bertz CT molecular complexity index is 197. The van der Waals surface area contributed by atoms with Crippen molar-refractivity contribution >= 4 is 11.9 Å². The number of carbonyl (C=O) groups excluding carboxylic acids is 1. The number of amides is 1. The second-order valence-corrected chi connectivity index (χ2v) is 2.04. The van der Waals surface area contributed by atoms with Crippen molar-refractivity contribution in [3.8, 4) is 0 Å². The quantitative estimate of drug-likeness (QED) is 0.493. The standard InChI is InChI=1S/C6H7NO3/c8-5-4(6(9)10)2-1-3-7-5/h1,3-4H,2H2,(H,7,8)(H,9,10). The molecule has 0 fully saturated rings. The van der Waals surface area contributed by atoms with Crippen LogP contribution in [0.4, 0.5) is 0 Å². The van der Waals surface area contributed by atoms with E-state index >= 15 is 0 Å². The zero-order valence-electron chi connectivity index (χ0n) is 5.20. The van der Waals surface area contributed by atoms with Crippen LogP contribution in [0.25, 0.3) is 0 Å². The second-order valence-electron chi connectivity index (χ2n) is 2.04. The maximum Gasteiger partial charge on any atom is 0.316 e. The average molecular weight is 141 g/mol. The van der Waals surface area contributed by atoms with Gasteiger partial charge >= 0.3 is 5.97 Å². The van der Waals surface area contributed by atoms with Crippen molar-refractivity contribution in [3.05, 3.63) is 12.3 Å². The summed E-state index contributed by atoms with van der Waals surface area (Å²) in [5.41, 5.74) is 0. The highest BCUT2D eigenvalue weighted by molar-refractivity contribution is 5.98. The Kier molecular flexibility index (Phi) is 1.71. The first kappa shape index (κ1) is 6.80. The van der Waals surface area contributed by atoms with E-state index in [1.54, 1.807) is 6.08 Å². The molecule has 1 heterocycles. The normalized spacial score (nSPS) is 24.0. The Balaban J connectivity index is 2.68. The van der Waals surface area contributed by atoms with E-state index in [4.69, 9.17) is 5.11 Å². The molecule has 1 aliphatic heterocycles. The third-order valence-electron chi connectivity index (χ3n) is 1.33. The van der Waals surface area contributed by atoms with Crippen LogP contribution >= 0.6 is 0 Å². The summed E-state index contributed by atoms with van der Waals surface area (Å²) in [6, 6.07) is 0. The second kappa shape index (κ2) is 2.51. The molecule has 0 radical (unpaired) electrons. The van der Waals surface area contributed by atoms with Gasteiger partial charge < -0.3 is 10.4 Å². The predicted molar refractivity (Wildman–Crippen MR) is 33.0 cm³/mol. The molecule has 0 aliphatic carbocycles. The molecule has 0 aromatic heterocycles. The van der Waals surface area contributed by atoms with Gasteiger partial charge in [0.1, 0.15) is 5.92 Å². The van der Waals surface area contributed by atoms with E-state index in [0.29, 0.717) is 6.42 Å². The summed E-state index contributed by atoms with van der Waals surface area (Å²) in [5.74, 6) is -2.40. The molecule has 1 atom stereocenters. The fourth-order valence-electron chi connectivity index (χ4n) is 0.766. The van der Waals surface area contributed by atoms with Gasteiger partial charge in [-0.3, -0.25) is 9.59 Å². The van der Waals surface area contributed by atoms with E-state index in [0.717, 1.165) is 0 Å². The summed E-state index contributed by atoms with van der Waals surface area (Å²) in [6.45, 7) is 0. The maximum atomic E-state index is 10.7. The first-order valence-electron chi connectivity index (χ1n) is 2.90. The molecule has 1 unspecified atom stereocenters. The molecule has 0 spiro atoms. The van der Waals surface area contributed by atoms with Crippen molar-refractivity contribution in [3.63, 3.8) is 0 Å². The molecule has 54 valence electrons. The van der Waals surface area contributed by atoms with Crippen LogP contribution in [0.15, 0.2) is 12.3 Å². The molecule has 1 rings (SSSR count). The van der Waals surface area contributed by atoms with Crippen LogP contribution in [0.1, 0.15) is 6.42 Å². The number of hydrogen-bond donors (Lipinski definition) is 2. The minimum atomic E-state index is -1.07. The first-order valence-corrected chi connectivity index (χ1v) is 2.90. The fraction of sp³-hybridized carbons (Fsp3) is 0.333. The highest BCUT2D eigenvalue weighted by atomic mass is 16.4. The van der Waals surface area contributed by atoms with Gasteiger partial charge in [-0.25, -0.2) is 0 Å². The molecule has 0 aromatic carbocycles. The molecule has 0 saturated heterocycles. The van der Waals surface area contributed by atoms with E-state index < -0.39 is 17.8 Å². The molecule has 0 aromatic rings. The van der Waals surface area contributed by atoms with Gasteiger partial charge in [0.25, 0.3) is 0 Å². The molecule has 2 N–H and O–H groups in total. The van der Waals surface area contributed by atoms with Crippen LogP contribution in [-0.2, 0) is 9.59 Å². The van der Waals surface area contributed by atoms with Gasteiger partial charge in [-0.2, -0.15) is 0 Å². The highest BCUT2D eigenvalue weighted by Crippen LogP contribution is 2.07. The van der Waals surface area contributed by atoms with Crippen LogP contribution in [0.5, 0.6) is 0 Å². The van der Waals surface area contributed by atoms with E-state index in [1.165, 1.54) is 6.20 Å². The molecule has 4 nitrogen and oxygen atoms in total. The van der Waals surface area contributed by atoms with Crippen LogP contribution in [-0.4, -0.2) is 17.0 Å². The Morgan fingerprint density at radius 1 is 1.80 bits per heavy atom. The number of carbonyl (C=O) groups is 2. The largest absolute Gasteiger partial charge is 0.481 e. The zero-order valence-corrected chi connectivity index (χ0v) is 5.20. The van der Waals surface area contributed by atoms with Gasteiger partial charge in [-0.05, 0) is 12.6 Å². The smallest absolute Gasteiger partial charge is 0.316 e.